The van der Waals surface area contributed by atoms with E-state index in [9.17, 15) is 0 Å². The molecule has 0 saturated heterocycles. The van der Waals surface area contributed by atoms with E-state index < -0.39 is 0 Å². The summed E-state index contributed by atoms with van der Waals surface area (Å²) < 4.78 is 5.48. The van der Waals surface area contributed by atoms with Crippen molar-refractivity contribution < 1.29 is 4.74 Å². The quantitative estimate of drug-likeness (QED) is 0.693. The summed E-state index contributed by atoms with van der Waals surface area (Å²) in [6, 6.07) is 9.09. The van der Waals surface area contributed by atoms with Crippen LogP contribution >= 0.6 is 0 Å². The van der Waals surface area contributed by atoms with E-state index in [4.69, 9.17) is 4.74 Å². The van der Waals surface area contributed by atoms with Crippen molar-refractivity contribution in [2.75, 3.05) is 38.3 Å². The molecule has 0 aliphatic rings. The largest absolute Gasteiger partial charge is 0.380 e. The molecular weight excluding hydrogens is 236 g/mol. The van der Waals surface area contributed by atoms with Gasteiger partial charge in [-0.1, -0.05) is 25.1 Å². The van der Waals surface area contributed by atoms with E-state index in [1.165, 1.54) is 11.3 Å². The van der Waals surface area contributed by atoms with Gasteiger partial charge in [-0.05, 0) is 38.9 Å². The van der Waals surface area contributed by atoms with E-state index in [-0.39, 0.29) is 0 Å². The topological polar surface area (TPSA) is 24.5 Å². The minimum absolute atomic E-state index is 0.414. The lowest BCUT2D eigenvalue weighted by Gasteiger charge is -2.28. The summed E-state index contributed by atoms with van der Waals surface area (Å²) in [7, 11) is 2.03. The molecule has 0 bridgehead atoms. The van der Waals surface area contributed by atoms with Crippen LogP contribution in [0.5, 0.6) is 0 Å². The lowest BCUT2D eigenvalue weighted by atomic mass is 10.0. The highest BCUT2D eigenvalue weighted by molar-refractivity contribution is 5.55. The first-order valence-corrected chi connectivity index (χ1v) is 7.37. The van der Waals surface area contributed by atoms with Gasteiger partial charge < -0.3 is 15.0 Å². The Kier molecular flexibility index (Phi) is 7.53. The Morgan fingerprint density at radius 2 is 1.95 bits per heavy atom. The van der Waals surface area contributed by atoms with E-state index in [2.05, 4.69) is 48.3 Å². The summed E-state index contributed by atoms with van der Waals surface area (Å²) in [6.07, 6.45) is 1.09. The van der Waals surface area contributed by atoms with Gasteiger partial charge in [0.15, 0.2) is 0 Å². The van der Waals surface area contributed by atoms with Gasteiger partial charge in [0.2, 0.25) is 0 Å². The lowest BCUT2D eigenvalue weighted by molar-refractivity contribution is 0.154. The number of nitrogens with zero attached hydrogens (tertiary/aromatic N) is 1. The molecule has 108 valence electrons. The maximum Gasteiger partial charge on any atom is 0.0641 e. The number of likely N-dealkylation sites (N-methyl/N-ethyl adjacent to an activating group) is 1. The molecule has 0 fully saturated rings. The van der Waals surface area contributed by atoms with Crippen molar-refractivity contribution >= 4 is 5.69 Å². The highest BCUT2D eigenvalue weighted by atomic mass is 16.5. The number of benzene rings is 1. The molecule has 0 aliphatic carbocycles. The van der Waals surface area contributed by atoms with Crippen LogP contribution in [-0.4, -0.2) is 33.4 Å². The zero-order valence-electron chi connectivity index (χ0n) is 12.8. The molecule has 3 nitrogen and oxygen atoms in total. The predicted octanol–water partition coefficient (Wildman–Crippen LogP) is 3.22. The first-order valence-electron chi connectivity index (χ1n) is 7.37. The van der Waals surface area contributed by atoms with Crippen LogP contribution < -0.4 is 10.2 Å². The van der Waals surface area contributed by atoms with Crippen LogP contribution in [0.4, 0.5) is 5.69 Å². The number of hydrogen-bond donors (Lipinski definition) is 1. The average Bonchev–Trinajstić information content (AvgIpc) is 2.46. The van der Waals surface area contributed by atoms with Crippen molar-refractivity contribution in [3.63, 3.8) is 0 Å². The molecule has 0 aliphatic heterocycles. The van der Waals surface area contributed by atoms with E-state index in [0.717, 1.165) is 32.7 Å². The summed E-state index contributed by atoms with van der Waals surface area (Å²) in [4.78, 5) is 2.39. The van der Waals surface area contributed by atoms with E-state index in [1.54, 1.807) is 0 Å². The standard InChI is InChI=1S/C16H28N2O/c1-5-15(17-4)14-10-8-9-11-16(14)18(6-2)12-13-19-7-3/h8-11,15,17H,5-7,12-13H2,1-4H3. The molecule has 1 atom stereocenters. The van der Waals surface area contributed by atoms with Gasteiger partial charge in [0, 0.05) is 31.4 Å². The van der Waals surface area contributed by atoms with Crippen LogP contribution in [0.1, 0.15) is 38.8 Å². The highest BCUT2D eigenvalue weighted by Gasteiger charge is 2.14. The van der Waals surface area contributed by atoms with Gasteiger partial charge in [-0.3, -0.25) is 0 Å². The van der Waals surface area contributed by atoms with Crippen LogP contribution in [-0.2, 0) is 4.74 Å². The summed E-state index contributed by atoms with van der Waals surface area (Å²) in [5.74, 6) is 0. The molecular formula is C16H28N2O. The van der Waals surface area contributed by atoms with E-state index in [1.807, 2.05) is 14.0 Å². The zero-order chi connectivity index (χ0) is 14.1. The van der Waals surface area contributed by atoms with E-state index in [0.29, 0.717) is 6.04 Å². The van der Waals surface area contributed by atoms with Crippen molar-refractivity contribution in [3.05, 3.63) is 29.8 Å². The van der Waals surface area contributed by atoms with Crippen LogP contribution in [0.25, 0.3) is 0 Å². The Morgan fingerprint density at radius 1 is 1.21 bits per heavy atom. The van der Waals surface area contributed by atoms with E-state index >= 15 is 0 Å². The van der Waals surface area contributed by atoms with Crippen LogP contribution in [0, 0.1) is 0 Å². The van der Waals surface area contributed by atoms with Crippen LogP contribution in [0.2, 0.25) is 0 Å². The molecule has 1 N–H and O–H groups in total. The van der Waals surface area contributed by atoms with Crippen molar-refractivity contribution in [2.45, 2.75) is 33.2 Å². The third kappa shape index (κ3) is 4.51. The van der Waals surface area contributed by atoms with Crippen LogP contribution in [0.3, 0.4) is 0 Å². The minimum Gasteiger partial charge on any atom is -0.380 e. The van der Waals surface area contributed by atoms with Gasteiger partial charge in [0.05, 0.1) is 6.61 Å². The number of rotatable bonds is 9. The molecule has 0 heterocycles. The Morgan fingerprint density at radius 3 is 2.53 bits per heavy atom. The summed E-state index contributed by atoms with van der Waals surface area (Å²) >= 11 is 0. The molecule has 0 spiro atoms. The minimum atomic E-state index is 0.414. The van der Waals surface area contributed by atoms with Crippen molar-refractivity contribution in [3.8, 4) is 0 Å². The van der Waals surface area contributed by atoms with Crippen molar-refractivity contribution in [2.24, 2.45) is 0 Å². The van der Waals surface area contributed by atoms with Gasteiger partial charge in [-0.25, -0.2) is 0 Å². The molecule has 1 unspecified atom stereocenters. The molecule has 1 rings (SSSR count). The number of nitrogens with one attached hydrogen (secondary N) is 1. The molecule has 1 aromatic rings. The fraction of sp³-hybridized carbons (Fsp3) is 0.625. The second-order valence-electron chi connectivity index (χ2n) is 4.58. The maximum atomic E-state index is 5.48. The summed E-state index contributed by atoms with van der Waals surface area (Å²) in [5, 5.41) is 3.40. The fourth-order valence-electron chi connectivity index (χ4n) is 2.42. The molecule has 19 heavy (non-hydrogen) atoms. The Bertz CT molecular complexity index is 350. The maximum absolute atomic E-state index is 5.48. The van der Waals surface area contributed by atoms with Gasteiger partial charge in [0.1, 0.15) is 0 Å². The lowest BCUT2D eigenvalue weighted by Crippen LogP contribution is -2.29. The zero-order valence-corrected chi connectivity index (χ0v) is 12.8. The third-order valence-corrected chi connectivity index (χ3v) is 3.50. The molecule has 0 amide bonds. The molecule has 0 aromatic heterocycles. The number of hydrogen-bond acceptors (Lipinski definition) is 3. The normalized spacial score (nSPS) is 12.4. The monoisotopic (exact) mass is 264 g/mol. The smallest absolute Gasteiger partial charge is 0.0641 e. The second kappa shape index (κ2) is 8.94. The third-order valence-electron chi connectivity index (χ3n) is 3.50. The van der Waals surface area contributed by atoms with Gasteiger partial charge in [0.25, 0.3) is 0 Å². The Hall–Kier alpha value is -1.06. The Balaban J connectivity index is 2.89. The number of anilines is 1. The highest BCUT2D eigenvalue weighted by Crippen LogP contribution is 2.27. The first-order chi connectivity index (χ1) is 9.28. The van der Waals surface area contributed by atoms with Gasteiger partial charge in [-0.2, -0.15) is 0 Å². The first kappa shape index (κ1) is 16.0. The SMILES string of the molecule is CCOCCN(CC)c1ccccc1C(CC)NC. The molecule has 3 heteroatoms. The van der Waals surface area contributed by atoms with Crippen LogP contribution in [0.15, 0.2) is 24.3 Å². The average molecular weight is 264 g/mol. The van der Waals surface area contributed by atoms with Crippen molar-refractivity contribution in [1.29, 1.82) is 0 Å². The summed E-state index contributed by atoms with van der Waals surface area (Å²) in [6.45, 7) is 9.98. The number of para-hydroxylation sites is 1. The second-order valence-corrected chi connectivity index (χ2v) is 4.58. The molecule has 1 aromatic carbocycles. The van der Waals surface area contributed by atoms with Gasteiger partial charge in [-0.15, -0.1) is 0 Å². The molecule has 0 saturated carbocycles. The van der Waals surface area contributed by atoms with Gasteiger partial charge >= 0.3 is 0 Å². The molecule has 0 radical (unpaired) electrons. The van der Waals surface area contributed by atoms with Crippen molar-refractivity contribution in [1.82, 2.24) is 5.32 Å². The predicted molar refractivity (Wildman–Crippen MR) is 82.9 cm³/mol. The summed E-state index contributed by atoms with van der Waals surface area (Å²) in [5.41, 5.74) is 2.71. The Labute approximate surface area is 118 Å². The fourth-order valence-corrected chi connectivity index (χ4v) is 2.42. The number of ether oxygens (including phenoxy) is 1.